The predicted octanol–water partition coefficient (Wildman–Crippen LogP) is -0.108. The molecule has 0 saturated heterocycles. The fourth-order valence-corrected chi connectivity index (χ4v) is 0.567. The molecule has 0 aliphatic heterocycles. The lowest BCUT2D eigenvalue weighted by Crippen LogP contribution is -2.08. The van der Waals surface area contributed by atoms with E-state index in [2.05, 4.69) is 40.7 Å². The minimum absolute atomic E-state index is 0.443. The third-order valence-corrected chi connectivity index (χ3v) is 1.04. The molecule has 12 heavy (non-hydrogen) atoms. The van der Waals surface area contributed by atoms with E-state index in [1.54, 1.807) is 0 Å². The first-order valence-corrected chi connectivity index (χ1v) is 3.02. The molecule has 8 nitrogen and oxygen atoms in total. The second-order valence-corrected chi connectivity index (χ2v) is 1.84. The lowest BCUT2D eigenvalue weighted by Gasteiger charge is -1.98. The molecule has 0 fully saturated rings. The zero-order valence-corrected chi connectivity index (χ0v) is 5.76. The Labute approximate surface area is 65.8 Å². The number of nitrogens with one attached hydrogen (secondary N) is 2. The number of hydrogen-bond acceptors (Lipinski definition) is 8. The summed E-state index contributed by atoms with van der Waals surface area (Å²) in [5, 5.41) is 13.7. The lowest BCUT2D eigenvalue weighted by molar-refractivity contribution is 0.307. The maximum Gasteiger partial charge on any atom is 0.209 e. The predicted molar refractivity (Wildman–Crippen MR) is 35.8 cm³/mol. The van der Waals surface area contributed by atoms with Crippen LogP contribution in [-0.4, -0.2) is 20.6 Å². The second-order valence-electron chi connectivity index (χ2n) is 1.84. The summed E-state index contributed by atoms with van der Waals surface area (Å²) in [6, 6.07) is 0. The molecule has 0 amide bonds. The standard InChI is InChI=1S/C4H4N6O2/c1-3(9-11-5-1)7-8-4-2-6-12-10-4/h1-2H,(H,7,9)(H,8,10). The Bertz CT molecular complexity index is 281. The van der Waals surface area contributed by atoms with Crippen LogP contribution < -0.4 is 10.9 Å². The van der Waals surface area contributed by atoms with Crippen molar-refractivity contribution in [1.29, 1.82) is 0 Å². The summed E-state index contributed by atoms with van der Waals surface area (Å²) in [5.74, 6) is 0.885. The molecule has 2 heterocycles. The monoisotopic (exact) mass is 168 g/mol. The lowest BCUT2D eigenvalue weighted by atomic mass is 10.7. The largest absolute Gasteiger partial charge is 0.279 e. The summed E-state index contributed by atoms with van der Waals surface area (Å²) in [7, 11) is 0. The number of aromatic nitrogens is 4. The molecule has 2 rings (SSSR count). The van der Waals surface area contributed by atoms with Crippen LogP contribution in [0.1, 0.15) is 0 Å². The van der Waals surface area contributed by atoms with Crippen LogP contribution in [0, 0.1) is 0 Å². The smallest absolute Gasteiger partial charge is 0.209 e. The fraction of sp³-hybridized carbons (Fsp3) is 0. The summed E-state index contributed by atoms with van der Waals surface area (Å²) in [6.07, 6.45) is 2.81. The van der Waals surface area contributed by atoms with Crippen molar-refractivity contribution in [3.8, 4) is 0 Å². The van der Waals surface area contributed by atoms with Gasteiger partial charge in [-0.3, -0.25) is 10.9 Å². The first-order chi connectivity index (χ1) is 5.95. The topological polar surface area (TPSA) is 102 Å². The van der Waals surface area contributed by atoms with Gasteiger partial charge in [-0.25, -0.2) is 9.26 Å². The van der Waals surface area contributed by atoms with Gasteiger partial charge in [0.25, 0.3) is 0 Å². The van der Waals surface area contributed by atoms with Crippen LogP contribution in [0.3, 0.4) is 0 Å². The minimum Gasteiger partial charge on any atom is -0.279 e. The van der Waals surface area contributed by atoms with Crippen LogP contribution in [0.2, 0.25) is 0 Å². The van der Waals surface area contributed by atoms with E-state index in [9.17, 15) is 0 Å². The van der Waals surface area contributed by atoms with Crippen molar-refractivity contribution in [2.45, 2.75) is 0 Å². The van der Waals surface area contributed by atoms with Gasteiger partial charge >= 0.3 is 0 Å². The molecule has 0 unspecified atom stereocenters. The van der Waals surface area contributed by atoms with Gasteiger partial charge in [0.15, 0.2) is 0 Å². The summed E-state index contributed by atoms with van der Waals surface area (Å²) in [4.78, 5) is 0. The van der Waals surface area contributed by atoms with Crippen LogP contribution in [0.4, 0.5) is 11.6 Å². The number of hydrazine groups is 1. The van der Waals surface area contributed by atoms with E-state index in [1.165, 1.54) is 12.4 Å². The molecule has 0 saturated carbocycles. The molecule has 0 aromatic carbocycles. The molecule has 0 spiro atoms. The van der Waals surface area contributed by atoms with E-state index >= 15 is 0 Å². The highest BCUT2D eigenvalue weighted by atomic mass is 16.6. The molecule has 2 aromatic heterocycles. The molecule has 0 radical (unpaired) electrons. The first-order valence-electron chi connectivity index (χ1n) is 3.02. The van der Waals surface area contributed by atoms with Gasteiger partial charge in [0.05, 0.1) is 0 Å². The van der Waals surface area contributed by atoms with Crippen molar-refractivity contribution in [2.75, 3.05) is 10.9 Å². The number of hydrogen-bond donors (Lipinski definition) is 2. The summed E-state index contributed by atoms with van der Waals surface area (Å²) < 4.78 is 8.64. The zero-order valence-electron chi connectivity index (χ0n) is 5.76. The maximum atomic E-state index is 4.32. The van der Waals surface area contributed by atoms with E-state index in [4.69, 9.17) is 0 Å². The summed E-state index contributed by atoms with van der Waals surface area (Å²) in [6.45, 7) is 0. The van der Waals surface area contributed by atoms with Gasteiger partial charge in [0.2, 0.25) is 11.6 Å². The van der Waals surface area contributed by atoms with E-state index < -0.39 is 0 Å². The van der Waals surface area contributed by atoms with Gasteiger partial charge in [-0.2, -0.15) is 0 Å². The van der Waals surface area contributed by atoms with Gasteiger partial charge in [-0.1, -0.05) is 10.3 Å². The van der Waals surface area contributed by atoms with Gasteiger partial charge in [0.1, 0.15) is 12.4 Å². The van der Waals surface area contributed by atoms with Gasteiger partial charge < -0.3 is 0 Å². The second kappa shape index (κ2) is 2.86. The van der Waals surface area contributed by atoms with Crippen molar-refractivity contribution < 1.29 is 9.26 Å². The van der Waals surface area contributed by atoms with Crippen molar-refractivity contribution in [2.24, 2.45) is 0 Å². The first kappa shape index (κ1) is 6.58. The van der Waals surface area contributed by atoms with Crippen molar-refractivity contribution in [1.82, 2.24) is 20.6 Å². The highest BCUT2D eigenvalue weighted by molar-refractivity contribution is 5.39. The number of anilines is 2. The summed E-state index contributed by atoms with van der Waals surface area (Å²) >= 11 is 0. The molecule has 0 atom stereocenters. The molecule has 0 bridgehead atoms. The van der Waals surface area contributed by atoms with Crippen LogP contribution in [0.5, 0.6) is 0 Å². The molecule has 0 aliphatic carbocycles. The molecule has 2 N–H and O–H groups in total. The van der Waals surface area contributed by atoms with Crippen LogP contribution in [0.15, 0.2) is 21.7 Å². The van der Waals surface area contributed by atoms with E-state index in [-0.39, 0.29) is 0 Å². The average molecular weight is 168 g/mol. The Morgan fingerprint density at radius 2 is 1.42 bits per heavy atom. The SMILES string of the molecule is c1nonc1NNc1cnon1. The normalized spacial score (nSPS) is 9.67. The molecular formula is C4H4N6O2. The van der Waals surface area contributed by atoms with Gasteiger partial charge in [-0.15, -0.1) is 0 Å². The third kappa shape index (κ3) is 1.31. The Kier molecular flexibility index (Phi) is 1.57. The van der Waals surface area contributed by atoms with E-state index in [0.29, 0.717) is 11.6 Å². The number of rotatable bonds is 3. The highest BCUT2D eigenvalue weighted by Crippen LogP contribution is 2.00. The Morgan fingerprint density at radius 3 is 1.75 bits per heavy atom. The Hall–Kier alpha value is -2.12. The quantitative estimate of drug-likeness (QED) is 0.612. The molecule has 0 aliphatic rings. The fourth-order valence-electron chi connectivity index (χ4n) is 0.567. The van der Waals surface area contributed by atoms with E-state index in [1.807, 2.05) is 0 Å². The highest BCUT2D eigenvalue weighted by Gasteiger charge is 1.97. The molecular weight excluding hydrogens is 164 g/mol. The van der Waals surface area contributed by atoms with Crippen molar-refractivity contribution >= 4 is 11.6 Å². The maximum absolute atomic E-state index is 4.32. The minimum atomic E-state index is 0.443. The van der Waals surface area contributed by atoms with Gasteiger partial charge in [0, 0.05) is 0 Å². The van der Waals surface area contributed by atoms with Crippen LogP contribution >= 0.6 is 0 Å². The Morgan fingerprint density at radius 1 is 0.917 bits per heavy atom. The molecule has 8 heteroatoms. The Balaban J connectivity index is 1.91. The summed E-state index contributed by atoms with van der Waals surface area (Å²) in [5.41, 5.74) is 5.29. The molecule has 2 aromatic rings. The number of nitrogens with zero attached hydrogens (tertiary/aromatic N) is 4. The van der Waals surface area contributed by atoms with E-state index in [0.717, 1.165) is 0 Å². The van der Waals surface area contributed by atoms with Crippen molar-refractivity contribution in [3.63, 3.8) is 0 Å². The molecule has 62 valence electrons. The van der Waals surface area contributed by atoms with Gasteiger partial charge in [-0.05, 0) is 10.3 Å². The zero-order chi connectivity index (χ0) is 8.23. The van der Waals surface area contributed by atoms with Crippen LogP contribution in [0.25, 0.3) is 0 Å². The third-order valence-electron chi connectivity index (χ3n) is 1.04. The van der Waals surface area contributed by atoms with Crippen LogP contribution in [-0.2, 0) is 0 Å². The van der Waals surface area contributed by atoms with Crippen molar-refractivity contribution in [3.05, 3.63) is 12.4 Å². The average Bonchev–Trinajstić information content (AvgIpc) is 2.74.